The summed E-state index contributed by atoms with van der Waals surface area (Å²) in [6, 6.07) is 9.81. The Balaban J connectivity index is 1.86. The van der Waals surface area contributed by atoms with Gasteiger partial charge in [0.2, 0.25) is 5.91 Å². The molecule has 0 atom stereocenters. The molecule has 0 aliphatic rings. The first-order valence-corrected chi connectivity index (χ1v) is 6.92. The van der Waals surface area contributed by atoms with Gasteiger partial charge in [-0.15, -0.1) is 0 Å². The second-order valence-corrected chi connectivity index (χ2v) is 5.18. The first-order valence-electron chi connectivity index (χ1n) is 6.92. The van der Waals surface area contributed by atoms with Crippen molar-refractivity contribution in [2.75, 3.05) is 6.54 Å². The molecule has 0 fully saturated rings. The van der Waals surface area contributed by atoms with Gasteiger partial charge in [0.15, 0.2) is 11.7 Å². The quantitative estimate of drug-likeness (QED) is 0.879. The number of amides is 1. The number of nitrogens with zero attached hydrogens (tertiary/aromatic N) is 1. The number of benzene rings is 1. The van der Waals surface area contributed by atoms with E-state index in [1.165, 1.54) is 0 Å². The lowest BCUT2D eigenvalue weighted by atomic mass is 10.2. The summed E-state index contributed by atoms with van der Waals surface area (Å²) < 4.78 is 5.65. The maximum absolute atomic E-state index is 11.6. The number of aryl methyl sites for hydroxylation is 1. The average molecular weight is 272 g/mol. The van der Waals surface area contributed by atoms with Crippen molar-refractivity contribution < 1.29 is 9.21 Å². The average Bonchev–Trinajstić information content (AvgIpc) is 2.93. The highest BCUT2D eigenvalue weighted by atomic mass is 16.4. The molecule has 0 aliphatic heterocycles. The lowest BCUT2D eigenvalue weighted by molar-refractivity contribution is -0.121. The van der Waals surface area contributed by atoms with Crippen LogP contribution in [0.5, 0.6) is 0 Å². The van der Waals surface area contributed by atoms with Crippen LogP contribution < -0.4 is 5.32 Å². The summed E-state index contributed by atoms with van der Waals surface area (Å²) in [5.41, 5.74) is 0.996. The van der Waals surface area contributed by atoms with Crippen molar-refractivity contribution in [3.05, 3.63) is 42.4 Å². The summed E-state index contributed by atoms with van der Waals surface area (Å²) in [7, 11) is 0. The number of aromatic nitrogens is 1. The van der Waals surface area contributed by atoms with Crippen LogP contribution in [-0.4, -0.2) is 17.4 Å². The molecule has 1 aromatic heterocycles. The zero-order chi connectivity index (χ0) is 14.4. The Hall–Kier alpha value is -2.10. The highest BCUT2D eigenvalue weighted by Gasteiger charge is 2.08. The Morgan fingerprint density at radius 3 is 2.75 bits per heavy atom. The molecule has 4 nitrogen and oxygen atoms in total. The van der Waals surface area contributed by atoms with Crippen molar-refractivity contribution in [1.82, 2.24) is 10.3 Å². The zero-order valence-corrected chi connectivity index (χ0v) is 11.9. The maximum Gasteiger partial charge on any atom is 0.220 e. The molecule has 106 valence electrons. The minimum atomic E-state index is 0.0400. The predicted molar refractivity (Wildman–Crippen MR) is 78.1 cm³/mol. The number of oxazole rings is 1. The van der Waals surface area contributed by atoms with Crippen LogP contribution in [-0.2, 0) is 11.2 Å². The Morgan fingerprint density at radius 1 is 1.30 bits per heavy atom. The van der Waals surface area contributed by atoms with Gasteiger partial charge in [0.25, 0.3) is 0 Å². The highest BCUT2D eigenvalue weighted by Crippen LogP contribution is 2.20. The highest BCUT2D eigenvalue weighted by molar-refractivity contribution is 5.76. The first kappa shape index (κ1) is 14.3. The third-order valence-electron chi connectivity index (χ3n) is 2.89. The van der Waals surface area contributed by atoms with Gasteiger partial charge in [-0.3, -0.25) is 4.79 Å². The van der Waals surface area contributed by atoms with Crippen LogP contribution in [0.2, 0.25) is 0 Å². The van der Waals surface area contributed by atoms with Gasteiger partial charge in [-0.1, -0.05) is 44.2 Å². The van der Waals surface area contributed by atoms with E-state index >= 15 is 0 Å². The SMILES string of the molecule is CC(C)CNC(=O)CCc1ncc(-c2ccccc2)o1. The minimum Gasteiger partial charge on any atom is -0.441 e. The van der Waals surface area contributed by atoms with E-state index in [0.717, 1.165) is 11.3 Å². The van der Waals surface area contributed by atoms with Gasteiger partial charge in [0, 0.05) is 24.9 Å². The monoisotopic (exact) mass is 272 g/mol. The number of rotatable bonds is 6. The van der Waals surface area contributed by atoms with E-state index in [4.69, 9.17) is 4.42 Å². The molecule has 1 heterocycles. The van der Waals surface area contributed by atoms with E-state index in [-0.39, 0.29) is 5.91 Å². The fraction of sp³-hybridized carbons (Fsp3) is 0.375. The van der Waals surface area contributed by atoms with Crippen LogP contribution in [0, 0.1) is 5.92 Å². The maximum atomic E-state index is 11.6. The normalized spacial score (nSPS) is 10.8. The molecule has 0 radical (unpaired) electrons. The molecule has 0 saturated carbocycles. The van der Waals surface area contributed by atoms with Crippen LogP contribution >= 0.6 is 0 Å². The third kappa shape index (κ3) is 4.23. The van der Waals surface area contributed by atoms with E-state index in [9.17, 15) is 4.79 Å². The van der Waals surface area contributed by atoms with Crippen molar-refractivity contribution in [3.63, 3.8) is 0 Å². The van der Waals surface area contributed by atoms with Gasteiger partial charge in [0.1, 0.15) is 0 Å². The van der Waals surface area contributed by atoms with E-state index in [0.29, 0.717) is 31.2 Å². The number of hydrogen-bond donors (Lipinski definition) is 1. The molecule has 20 heavy (non-hydrogen) atoms. The molecule has 2 aromatic rings. The summed E-state index contributed by atoms with van der Waals surface area (Å²) in [5, 5.41) is 2.88. The van der Waals surface area contributed by atoms with Crippen molar-refractivity contribution >= 4 is 5.91 Å². The molecule has 4 heteroatoms. The molecule has 0 aliphatic carbocycles. The second-order valence-electron chi connectivity index (χ2n) is 5.18. The van der Waals surface area contributed by atoms with E-state index in [1.54, 1.807) is 6.20 Å². The molecule has 2 rings (SSSR count). The Kier molecular flexibility index (Phi) is 4.93. The fourth-order valence-electron chi connectivity index (χ4n) is 1.79. The van der Waals surface area contributed by atoms with Gasteiger partial charge in [0.05, 0.1) is 6.20 Å². The summed E-state index contributed by atoms with van der Waals surface area (Å²) in [6.45, 7) is 4.85. The van der Waals surface area contributed by atoms with Crippen molar-refractivity contribution in [2.24, 2.45) is 5.92 Å². The molecule has 1 aromatic carbocycles. The van der Waals surface area contributed by atoms with Gasteiger partial charge in [-0.25, -0.2) is 4.98 Å². The van der Waals surface area contributed by atoms with Crippen molar-refractivity contribution in [3.8, 4) is 11.3 Å². The first-order chi connectivity index (χ1) is 9.65. The Labute approximate surface area is 119 Å². The largest absolute Gasteiger partial charge is 0.441 e. The second kappa shape index (κ2) is 6.89. The number of carbonyl (C=O) groups excluding carboxylic acids is 1. The number of nitrogens with one attached hydrogen (secondary N) is 1. The van der Waals surface area contributed by atoms with Crippen molar-refractivity contribution in [2.45, 2.75) is 26.7 Å². The van der Waals surface area contributed by atoms with Crippen LogP contribution in [0.25, 0.3) is 11.3 Å². The molecule has 1 amide bonds. The number of hydrogen-bond acceptors (Lipinski definition) is 3. The van der Waals surface area contributed by atoms with Gasteiger partial charge in [-0.05, 0) is 5.92 Å². The lowest BCUT2D eigenvalue weighted by Crippen LogP contribution is -2.27. The molecular formula is C16H20N2O2. The Morgan fingerprint density at radius 2 is 2.05 bits per heavy atom. The van der Waals surface area contributed by atoms with Crippen LogP contribution in [0.15, 0.2) is 40.9 Å². The smallest absolute Gasteiger partial charge is 0.220 e. The Bertz CT molecular complexity index is 547. The summed E-state index contributed by atoms with van der Waals surface area (Å²) in [4.78, 5) is 15.8. The molecule has 0 unspecified atom stereocenters. The molecule has 0 spiro atoms. The van der Waals surface area contributed by atoms with Crippen LogP contribution in [0.1, 0.15) is 26.2 Å². The lowest BCUT2D eigenvalue weighted by Gasteiger charge is -2.06. The van der Waals surface area contributed by atoms with E-state index in [1.807, 2.05) is 30.3 Å². The molecule has 0 saturated heterocycles. The standard InChI is InChI=1S/C16H20N2O2/c1-12(2)10-17-15(19)8-9-16-18-11-14(20-16)13-6-4-3-5-7-13/h3-7,11-12H,8-10H2,1-2H3,(H,17,19). The fourth-order valence-corrected chi connectivity index (χ4v) is 1.79. The van der Waals surface area contributed by atoms with Crippen LogP contribution in [0.4, 0.5) is 0 Å². The third-order valence-corrected chi connectivity index (χ3v) is 2.89. The van der Waals surface area contributed by atoms with Crippen molar-refractivity contribution in [1.29, 1.82) is 0 Å². The molecule has 1 N–H and O–H groups in total. The van der Waals surface area contributed by atoms with E-state index < -0.39 is 0 Å². The predicted octanol–water partition coefficient (Wildman–Crippen LogP) is 3.05. The van der Waals surface area contributed by atoms with Gasteiger partial charge >= 0.3 is 0 Å². The topological polar surface area (TPSA) is 55.1 Å². The molecular weight excluding hydrogens is 252 g/mol. The summed E-state index contributed by atoms with van der Waals surface area (Å²) in [6.07, 6.45) is 2.63. The van der Waals surface area contributed by atoms with E-state index in [2.05, 4.69) is 24.1 Å². The van der Waals surface area contributed by atoms with Gasteiger partial charge in [-0.2, -0.15) is 0 Å². The minimum absolute atomic E-state index is 0.0400. The van der Waals surface area contributed by atoms with Gasteiger partial charge < -0.3 is 9.73 Å². The molecule has 0 bridgehead atoms. The van der Waals surface area contributed by atoms with Crippen LogP contribution in [0.3, 0.4) is 0 Å². The summed E-state index contributed by atoms with van der Waals surface area (Å²) >= 11 is 0. The number of carbonyl (C=O) groups is 1. The zero-order valence-electron chi connectivity index (χ0n) is 11.9. The summed E-state index contributed by atoms with van der Waals surface area (Å²) in [5.74, 6) is 1.84.